The first kappa shape index (κ1) is 11.0. The van der Waals surface area contributed by atoms with Gasteiger partial charge in [0.05, 0.1) is 13.7 Å². The standard InChI is InChI=1S/C12H16N2O2/c1-8(2)13-7-12-14-10-6-9(15-3)4-5-11(10)16-12/h4-6,8,13H,7H2,1-3H3. The molecule has 0 aliphatic rings. The van der Waals surface area contributed by atoms with Gasteiger partial charge in [0.15, 0.2) is 5.58 Å². The predicted molar refractivity (Wildman–Crippen MR) is 62.5 cm³/mol. The SMILES string of the molecule is COc1ccc2oc(CNC(C)C)nc2c1. The molecule has 16 heavy (non-hydrogen) atoms. The Hall–Kier alpha value is -1.55. The highest BCUT2D eigenvalue weighted by Crippen LogP contribution is 2.21. The van der Waals surface area contributed by atoms with Crippen molar-refractivity contribution >= 4 is 11.1 Å². The summed E-state index contributed by atoms with van der Waals surface area (Å²) in [6.45, 7) is 4.83. The molecule has 86 valence electrons. The number of methoxy groups -OCH3 is 1. The van der Waals surface area contributed by atoms with Crippen LogP contribution in [-0.2, 0) is 6.54 Å². The summed E-state index contributed by atoms with van der Waals surface area (Å²) in [5, 5.41) is 3.26. The summed E-state index contributed by atoms with van der Waals surface area (Å²) >= 11 is 0. The first-order valence-electron chi connectivity index (χ1n) is 5.36. The quantitative estimate of drug-likeness (QED) is 0.859. The molecule has 1 aromatic heterocycles. The van der Waals surface area contributed by atoms with Gasteiger partial charge in [0.1, 0.15) is 11.3 Å². The Kier molecular flexibility index (Phi) is 3.10. The molecular weight excluding hydrogens is 204 g/mol. The van der Waals surface area contributed by atoms with E-state index >= 15 is 0 Å². The lowest BCUT2D eigenvalue weighted by Crippen LogP contribution is -2.21. The first-order chi connectivity index (χ1) is 7.69. The monoisotopic (exact) mass is 220 g/mol. The molecule has 0 fully saturated rings. The third-order valence-electron chi connectivity index (χ3n) is 2.30. The molecule has 0 saturated carbocycles. The van der Waals surface area contributed by atoms with E-state index in [1.165, 1.54) is 0 Å². The van der Waals surface area contributed by atoms with Gasteiger partial charge in [-0.05, 0) is 12.1 Å². The van der Waals surface area contributed by atoms with Crippen molar-refractivity contribution in [1.82, 2.24) is 10.3 Å². The second-order valence-corrected chi connectivity index (χ2v) is 3.98. The molecule has 2 aromatic rings. The van der Waals surface area contributed by atoms with Crippen LogP contribution in [-0.4, -0.2) is 18.1 Å². The summed E-state index contributed by atoms with van der Waals surface area (Å²) in [6, 6.07) is 6.04. The van der Waals surface area contributed by atoms with E-state index in [-0.39, 0.29) is 0 Å². The molecule has 0 aliphatic carbocycles. The Morgan fingerprint density at radius 3 is 2.94 bits per heavy atom. The van der Waals surface area contributed by atoms with E-state index in [1.54, 1.807) is 7.11 Å². The molecule has 0 bridgehead atoms. The average molecular weight is 220 g/mol. The number of nitrogens with zero attached hydrogens (tertiary/aromatic N) is 1. The van der Waals surface area contributed by atoms with Crippen LogP contribution in [0.5, 0.6) is 5.75 Å². The topological polar surface area (TPSA) is 47.3 Å². The Labute approximate surface area is 94.6 Å². The zero-order valence-corrected chi connectivity index (χ0v) is 9.78. The normalized spacial score (nSPS) is 11.2. The van der Waals surface area contributed by atoms with Crippen LogP contribution in [0.25, 0.3) is 11.1 Å². The molecule has 1 heterocycles. The Morgan fingerprint density at radius 2 is 2.25 bits per heavy atom. The fourth-order valence-corrected chi connectivity index (χ4v) is 1.45. The molecule has 4 nitrogen and oxygen atoms in total. The van der Waals surface area contributed by atoms with E-state index in [9.17, 15) is 0 Å². The van der Waals surface area contributed by atoms with Crippen molar-refractivity contribution in [1.29, 1.82) is 0 Å². The number of rotatable bonds is 4. The lowest BCUT2D eigenvalue weighted by Gasteiger charge is -2.03. The Bertz CT molecular complexity index is 477. The molecule has 0 atom stereocenters. The molecule has 0 spiro atoms. The zero-order valence-electron chi connectivity index (χ0n) is 9.78. The van der Waals surface area contributed by atoms with E-state index < -0.39 is 0 Å². The molecule has 2 rings (SSSR count). The van der Waals surface area contributed by atoms with Crippen molar-refractivity contribution in [2.75, 3.05) is 7.11 Å². The van der Waals surface area contributed by atoms with Gasteiger partial charge >= 0.3 is 0 Å². The first-order valence-corrected chi connectivity index (χ1v) is 5.36. The smallest absolute Gasteiger partial charge is 0.209 e. The molecule has 1 aromatic carbocycles. The van der Waals surface area contributed by atoms with Crippen LogP contribution in [0.1, 0.15) is 19.7 Å². The molecule has 0 amide bonds. The summed E-state index contributed by atoms with van der Waals surface area (Å²) in [5.41, 5.74) is 1.63. The lowest BCUT2D eigenvalue weighted by atomic mass is 10.3. The van der Waals surface area contributed by atoms with Gasteiger partial charge in [0.2, 0.25) is 5.89 Å². The van der Waals surface area contributed by atoms with Gasteiger partial charge in [0.25, 0.3) is 0 Å². The van der Waals surface area contributed by atoms with Gasteiger partial charge < -0.3 is 14.5 Å². The van der Waals surface area contributed by atoms with Crippen LogP contribution in [0.3, 0.4) is 0 Å². The van der Waals surface area contributed by atoms with Gasteiger partial charge in [-0.2, -0.15) is 0 Å². The zero-order chi connectivity index (χ0) is 11.5. The minimum Gasteiger partial charge on any atom is -0.497 e. The fourth-order valence-electron chi connectivity index (χ4n) is 1.45. The number of hydrogen-bond acceptors (Lipinski definition) is 4. The average Bonchev–Trinajstić information content (AvgIpc) is 2.67. The number of benzene rings is 1. The van der Waals surface area contributed by atoms with Gasteiger partial charge in [-0.25, -0.2) is 4.98 Å². The van der Waals surface area contributed by atoms with Crippen molar-refractivity contribution in [2.45, 2.75) is 26.4 Å². The second kappa shape index (κ2) is 4.53. The Morgan fingerprint density at radius 1 is 1.44 bits per heavy atom. The lowest BCUT2D eigenvalue weighted by molar-refractivity contribution is 0.415. The number of fused-ring (bicyclic) bond motifs is 1. The molecule has 1 N–H and O–H groups in total. The number of hydrogen-bond donors (Lipinski definition) is 1. The van der Waals surface area contributed by atoms with Gasteiger partial charge in [-0.15, -0.1) is 0 Å². The van der Waals surface area contributed by atoms with Crippen molar-refractivity contribution in [2.24, 2.45) is 0 Å². The highest BCUT2D eigenvalue weighted by Gasteiger charge is 2.06. The molecule has 0 radical (unpaired) electrons. The molecule has 0 saturated heterocycles. The largest absolute Gasteiger partial charge is 0.497 e. The number of nitrogens with one attached hydrogen (secondary N) is 1. The Balaban J connectivity index is 2.22. The summed E-state index contributed by atoms with van der Waals surface area (Å²) in [6.07, 6.45) is 0. The fraction of sp³-hybridized carbons (Fsp3) is 0.417. The van der Waals surface area contributed by atoms with Gasteiger partial charge in [0, 0.05) is 12.1 Å². The van der Waals surface area contributed by atoms with Crippen LogP contribution < -0.4 is 10.1 Å². The van der Waals surface area contributed by atoms with E-state index in [0.717, 1.165) is 16.8 Å². The summed E-state index contributed by atoms with van der Waals surface area (Å²) in [7, 11) is 1.64. The predicted octanol–water partition coefficient (Wildman–Crippen LogP) is 2.33. The summed E-state index contributed by atoms with van der Waals surface area (Å²) < 4.78 is 10.7. The highest BCUT2D eigenvalue weighted by molar-refractivity contribution is 5.74. The third kappa shape index (κ3) is 2.33. The molecular formula is C12H16N2O2. The van der Waals surface area contributed by atoms with Gasteiger partial charge in [-0.3, -0.25) is 0 Å². The van der Waals surface area contributed by atoms with Crippen LogP contribution in [0, 0.1) is 0 Å². The van der Waals surface area contributed by atoms with E-state index in [0.29, 0.717) is 18.5 Å². The third-order valence-corrected chi connectivity index (χ3v) is 2.30. The van der Waals surface area contributed by atoms with Gasteiger partial charge in [-0.1, -0.05) is 13.8 Å². The highest BCUT2D eigenvalue weighted by atomic mass is 16.5. The van der Waals surface area contributed by atoms with Crippen molar-refractivity contribution in [3.05, 3.63) is 24.1 Å². The number of oxazole rings is 1. The van der Waals surface area contributed by atoms with Crippen LogP contribution in [0.2, 0.25) is 0 Å². The molecule has 0 aliphatic heterocycles. The minimum absolute atomic E-state index is 0.421. The van der Waals surface area contributed by atoms with Crippen molar-refractivity contribution < 1.29 is 9.15 Å². The number of aromatic nitrogens is 1. The van der Waals surface area contributed by atoms with E-state index in [1.807, 2.05) is 18.2 Å². The van der Waals surface area contributed by atoms with E-state index in [4.69, 9.17) is 9.15 Å². The van der Waals surface area contributed by atoms with Crippen molar-refractivity contribution in [3.8, 4) is 5.75 Å². The number of ether oxygens (including phenoxy) is 1. The van der Waals surface area contributed by atoms with Crippen LogP contribution >= 0.6 is 0 Å². The van der Waals surface area contributed by atoms with Crippen LogP contribution in [0.4, 0.5) is 0 Å². The summed E-state index contributed by atoms with van der Waals surface area (Å²) in [5.74, 6) is 1.50. The van der Waals surface area contributed by atoms with E-state index in [2.05, 4.69) is 24.1 Å². The molecule has 0 unspecified atom stereocenters. The maximum absolute atomic E-state index is 5.59. The maximum Gasteiger partial charge on any atom is 0.209 e. The maximum atomic E-state index is 5.59. The summed E-state index contributed by atoms with van der Waals surface area (Å²) in [4.78, 5) is 4.38. The molecule has 4 heteroatoms. The second-order valence-electron chi connectivity index (χ2n) is 3.98. The van der Waals surface area contributed by atoms with Crippen molar-refractivity contribution in [3.63, 3.8) is 0 Å². The minimum atomic E-state index is 0.421. The van der Waals surface area contributed by atoms with Crippen LogP contribution in [0.15, 0.2) is 22.6 Å².